The van der Waals surface area contributed by atoms with E-state index in [0.29, 0.717) is 29.9 Å². The fraction of sp³-hybridized carbons (Fsp3) is 0.310. The first-order valence-corrected chi connectivity index (χ1v) is 12.4. The van der Waals surface area contributed by atoms with E-state index in [1.807, 2.05) is 39.0 Å². The molecule has 1 heterocycles. The fourth-order valence-corrected chi connectivity index (χ4v) is 4.71. The standard InChI is InChI=1S/C29H29ClFNO5/c1-18(2)36-25-7-5-4-6-21(25)16-32(17-27(33)34)28(35)20-9-11-26-22(13-20)15-29(3,37-26)14-19-8-10-23(30)24(31)12-19/h4-13,18H,14-17H2,1-3H3,(H,33,34). The average Bonchev–Trinajstić information content (AvgIpc) is 3.16. The highest BCUT2D eigenvalue weighted by Gasteiger charge is 2.36. The maximum atomic E-state index is 13.9. The Labute approximate surface area is 220 Å². The molecule has 194 valence electrons. The van der Waals surface area contributed by atoms with Gasteiger partial charge in [0.15, 0.2) is 0 Å². The van der Waals surface area contributed by atoms with E-state index >= 15 is 0 Å². The molecule has 6 nitrogen and oxygen atoms in total. The zero-order chi connectivity index (χ0) is 26.7. The second-order valence-electron chi connectivity index (χ2n) is 9.81. The van der Waals surface area contributed by atoms with E-state index in [4.69, 9.17) is 21.1 Å². The molecule has 0 fully saturated rings. The van der Waals surface area contributed by atoms with E-state index in [-0.39, 0.29) is 17.7 Å². The first-order valence-electron chi connectivity index (χ1n) is 12.0. The van der Waals surface area contributed by atoms with Crippen LogP contribution in [0.2, 0.25) is 5.02 Å². The van der Waals surface area contributed by atoms with Gasteiger partial charge in [-0.1, -0.05) is 35.9 Å². The molecule has 8 heteroatoms. The number of halogens is 2. The van der Waals surface area contributed by atoms with Gasteiger partial charge >= 0.3 is 5.97 Å². The molecule has 0 spiro atoms. The molecule has 1 atom stereocenters. The number of para-hydroxylation sites is 1. The Kier molecular flexibility index (Phi) is 7.73. The van der Waals surface area contributed by atoms with Crippen molar-refractivity contribution < 1.29 is 28.6 Å². The van der Waals surface area contributed by atoms with Gasteiger partial charge in [0, 0.05) is 24.0 Å². The molecule has 0 bridgehead atoms. The third-order valence-corrected chi connectivity index (χ3v) is 6.41. The van der Waals surface area contributed by atoms with E-state index in [9.17, 15) is 19.1 Å². The van der Waals surface area contributed by atoms with Gasteiger partial charge in [-0.2, -0.15) is 0 Å². The minimum Gasteiger partial charge on any atom is -0.491 e. The van der Waals surface area contributed by atoms with Crippen LogP contribution in [0.4, 0.5) is 4.39 Å². The van der Waals surface area contributed by atoms with Gasteiger partial charge in [-0.25, -0.2) is 4.39 Å². The molecule has 0 aromatic heterocycles. The Morgan fingerprint density at radius 2 is 1.92 bits per heavy atom. The highest BCUT2D eigenvalue weighted by Crippen LogP contribution is 2.38. The Balaban J connectivity index is 1.54. The van der Waals surface area contributed by atoms with Crippen LogP contribution in [0.5, 0.6) is 11.5 Å². The van der Waals surface area contributed by atoms with Gasteiger partial charge in [0.1, 0.15) is 29.5 Å². The number of aliphatic carboxylic acids is 1. The van der Waals surface area contributed by atoms with Crippen LogP contribution in [0.15, 0.2) is 60.7 Å². The highest BCUT2D eigenvalue weighted by molar-refractivity contribution is 6.30. The minimum atomic E-state index is -1.11. The molecule has 3 aromatic carbocycles. The summed E-state index contributed by atoms with van der Waals surface area (Å²) < 4.78 is 26.0. The van der Waals surface area contributed by atoms with Gasteiger partial charge in [0.2, 0.25) is 0 Å². The lowest BCUT2D eigenvalue weighted by Gasteiger charge is -2.24. The van der Waals surface area contributed by atoms with Crippen LogP contribution in [0, 0.1) is 5.82 Å². The van der Waals surface area contributed by atoms with Gasteiger partial charge in [0.05, 0.1) is 17.7 Å². The van der Waals surface area contributed by atoms with Crippen LogP contribution in [0.1, 0.15) is 47.8 Å². The van der Waals surface area contributed by atoms with Gasteiger partial charge in [-0.3, -0.25) is 9.59 Å². The molecule has 4 rings (SSSR count). The molecule has 1 aliphatic heterocycles. The summed E-state index contributed by atoms with van der Waals surface area (Å²) in [5, 5.41) is 9.56. The number of rotatable bonds is 9. The van der Waals surface area contributed by atoms with Crippen molar-refractivity contribution in [3.05, 3.63) is 93.8 Å². The predicted octanol–water partition coefficient (Wildman–Crippen LogP) is 5.93. The topological polar surface area (TPSA) is 76.1 Å². The predicted molar refractivity (Wildman–Crippen MR) is 139 cm³/mol. The molecule has 1 unspecified atom stereocenters. The average molecular weight is 526 g/mol. The van der Waals surface area contributed by atoms with Crippen molar-refractivity contribution in [3.63, 3.8) is 0 Å². The molecule has 1 aliphatic rings. The molecule has 0 saturated heterocycles. The molecule has 0 radical (unpaired) electrons. The van der Waals surface area contributed by atoms with Crippen LogP contribution in [0.3, 0.4) is 0 Å². The summed E-state index contributed by atoms with van der Waals surface area (Å²) in [5.41, 5.74) is 2.05. The smallest absolute Gasteiger partial charge is 0.323 e. The number of carboxylic acid groups (broad SMARTS) is 1. The van der Waals surface area contributed by atoms with Gasteiger partial charge in [0.25, 0.3) is 5.91 Å². The second-order valence-corrected chi connectivity index (χ2v) is 10.2. The number of ether oxygens (including phenoxy) is 2. The fourth-order valence-electron chi connectivity index (χ4n) is 4.59. The number of hydrogen-bond acceptors (Lipinski definition) is 4. The molecule has 37 heavy (non-hydrogen) atoms. The van der Waals surface area contributed by atoms with Crippen LogP contribution < -0.4 is 9.47 Å². The van der Waals surface area contributed by atoms with Crippen molar-refractivity contribution in [1.82, 2.24) is 4.90 Å². The van der Waals surface area contributed by atoms with Crippen LogP contribution >= 0.6 is 11.6 Å². The number of amides is 1. The van der Waals surface area contributed by atoms with Crippen molar-refractivity contribution in [2.24, 2.45) is 0 Å². The monoisotopic (exact) mass is 525 g/mol. The molecule has 1 N–H and O–H groups in total. The zero-order valence-corrected chi connectivity index (χ0v) is 21.7. The van der Waals surface area contributed by atoms with Crippen molar-refractivity contribution in [2.75, 3.05) is 6.54 Å². The maximum Gasteiger partial charge on any atom is 0.323 e. The molecular formula is C29H29ClFNO5. The summed E-state index contributed by atoms with van der Waals surface area (Å²) in [5.74, 6) is -0.739. The van der Waals surface area contributed by atoms with E-state index in [2.05, 4.69) is 0 Å². The molecule has 0 aliphatic carbocycles. The molecule has 1 amide bonds. The Morgan fingerprint density at radius 3 is 2.62 bits per heavy atom. The Bertz CT molecular complexity index is 1330. The summed E-state index contributed by atoms with van der Waals surface area (Å²) in [7, 11) is 0. The van der Waals surface area contributed by atoms with Crippen LogP contribution in [-0.4, -0.2) is 40.1 Å². The first kappa shape index (κ1) is 26.5. The Hall–Kier alpha value is -3.58. The van der Waals surface area contributed by atoms with Gasteiger partial charge in [-0.05, 0) is 68.3 Å². The van der Waals surface area contributed by atoms with Crippen molar-refractivity contribution in [2.45, 2.75) is 51.9 Å². The van der Waals surface area contributed by atoms with Crippen molar-refractivity contribution >= 4 is 23.5 Å². The van der Waals surface area contributed by atoms with Crippen LogP contribution in [0.25, 0.3) is 0 Å². The Morgan fingerprint density at radius 1 is 1.16 bits per heavy atom. The van der Waals surface area contributed by atoms with Gasteiger partial charge < -0.3 is 19.5 Å². The maximum absolute atomic E-state index is 13.9. The third kappa shape index (κ3) is 6.41. The third-order valence-electron chi connectivity index (χ3n) is 6.10. The lowest BCUT2D eigenvalue weighted by molar-refractivity contribution is -0.137. The number of carboxylic acids is 1. The quantitative estimate of drug-likeness (QED) is 0.375. The van der Waals surface area contributed by atoms with E-state index in [1.54, 1.807) is 30.3 Å². The lowest BCUT2D eigenvalue weighted by Crippen LogP contribution is -2.35. The summed E-state index contributed by atoms with van der Waals surface area (Å²) in [6.45, 7) is 5.37. The summed E-state index contributed by atoms with van der Waals surface area (Å²) in [6, 6.07) is 17.1. The van der Waals surface area contributed by atoms with E-state index in [0.717, 1.165) is 16.7 Å². The lowest BCUT2D eigenvalue weighted by atomic mass is 9.91. The number of benzene rings is 3. The summed E-state index contributed by atoms with van der Waals surface area (Å²) in [4.78, 5) is 26.4. The van der Waals surface area contributed by atoms with Crippen molar-refractivity contribution in [3.8, 4) is 11.5 Å². The van der Waals surface area contributed by atoms with Gasteiger partial charge in [-0.15, -0.1) is 0 Å². The largest absolute Gasteiger partial charge is 0.491 e. The highest BCUT2D eigenvalue weighted by atomic mass is 35.5. The number of carbonyl (C=O) groups excluding carboxylic acids is 1. The SMILES string of the molecule is CC(C)Oc1ccccc1CN(CC(=O)O)C(=O)c1ccc2c(c1)CC(C)(Cc1ccc(Cl)c(F)c1)O2. The molecular weight excluding hydrogens is 497 g/mol. The second kappa shape index (κ2) is 10.8. The minimum absolute atomic E-state index is 0.0667. The van der Waals surface area contributed by atoms with Crippen molar-refractivity contribution in [1.29, 1.82) is 0 Å². The zero-order valence-electron chi connectivity index (χ0n) is 21.0. The summed E-state index contributed by atoms with van der Waals surface area (Å²) in [6.07, 6.45) is 0.897. The molecule has 0 saturated carbocycles. The number of nitrogens with zero attached hydrogens (tertiary/aromatic N) is 1. The summed E-state index contributed by atoms with van der Waals surface area (Å²) >= 11 is 5.80. The van der Waals surface area contributed by atoms with Crippen LogP contribution in [-0.2, 0) is 24.2 Å². The molecule has 3 aromatic rings. The first-order chi connectivity index (χ1) is 17.5. The number of fused-ring (bicyclic) bond motifs is 1. The van der Waals surface area contributed by atoms with E-state index < -0.39 is 29.8 Å². The number of hydrogen-bond donors (Lipinski definition) is 1. The normalized spacial score (nSPS) is 16.3. The van der Waals surface area contributed by atoms with E-state index in [1.165, 1.54) is 17.0 Å². The number of carbonyl (C=O) groups is 2.